The Bertz CT molecular complexity index is 777. The van der Waals surface area contributed by atoms with Crippen molar-refractivity contribution in [1.82, 2.24) is 10.2 Å². The van der Waals surface area contributed by atoms with Gasteiger partial charge < -0.3 is 9.73 Å². The van der Waals surface area contributed by atoms with Crippen molar-refractivity contribution in [2.75, 3.05) is 5.32 Å². The van der Waals surface area contributed by atoms with Crippen LogP contribution in [0.1, 0.15) is 31.2 Å². The van der Waals surface area contributed by atoms with Crippen LogP contribution in [0.3, 0.4) is 0 Å². The molecule has 5 nitrogen and oxygen atoms in total. The maximum absolute atomic E-state index is 12.1. The summed E-state index contributed by atoms with van der Waals surface area (Å²) in [5.41, 5.74) is 2.87. The number of nitrogens with zero attached hydrogens (tertiary/aromatic N) is 2. The van der Waals surface area contributed by atoms with Crippen LogP contribution in [0.4, 0.5) is 5.69 Å². The molecule has 2 heterocycles. The van der Waals surface area contributed by atoms with Gasteiger partial charge in [0.15, 0.2) is 0 Å². The normalized spacial score (nSPS) is 10.9. The summed E-state index contributed by atoms with van der Waals surface area (Å²) in [4.78, 5) is 12.1. The summed E-state index contributed by atoms with van der Waals surface area (Å²) in [6.45, 7) is 4.27. The highest BCUT2D eigenvalue weighted by Crippen LogP contribution is 2.21. The number of aromatic nitrogens is 2. The maximum atomic E-state index is 12.1. The van der Waals surface area contributed by atoms with Crippen LogP contribution in [0.5, 0.6) is 0 Å². The quantitative estimate of drug-likeness (QED) is 0.766. The summed E-state index contributed by atoms with van der Waals surface area (Å²) in [6, 6.07) is 9.73. The summed E-state index contributed by atoms with van der Waals surface area (Å²) in [6.07, 6.45) is 0.0586. The largest absolute Gasteiger partial charge is 0.420 e. The lowest BCUT2D eigenvalue weighted by Crippen LogP contribution is -2.14. The lowest BCUT2D eigenvalue weighted by molar-refractivity contribution is -0.115. The molecule has 0 radical (unpaired) electrons. The first-order valence-corrected chi connectivity index (χ1v) is 8.31. The fourth-order valence-corrected chi connectivity index (χ4v) is 2.75. The van der Waals surface area contributed by atoms with Gasteiger partial charge in [0.25, 0.3) is 0 Å². The van der Waals surface area contributed by atoms with Crippen molar-refractivity contribution < 1.29 is 9.21 Å². The van der Waals surface area contributed by atoms with Crippen molar-refractivity contribution in [1.29, 1.82) is 0 Å². The Morgan fingerprint density at radius 1 is 1.22 bits per heavy atom. The van der Waals surface area contributed by atoms with Crippen molar-refractivity contribution in [3.8, 4) is 11.5 Å². The maximum Gasteiger partial charge on any atom is 0.248 e. The second-order valence-electron chi connectivity index (χ2n) is 5.51. The first kappa shape index (κ1) is 15.4. The van der Waals surface area contributed by atoms with E-state index in [1.807, 2.05) is 41.1 Å². The Morgan fingerprint density at radius 3 is 2.65 bits per heavy atom. The fraction of sp³-hybridized carbons (Fsp3) is 0.235. The molecule has 0 spiro atoms. The van der Waals surface area contributed by atoms with E-state index in [1.54, 1.807) is 11.3 Å². The zero-order valence-corrected chi connectivity index (χ0v) is 13.8. The number of benzene rings is 1. The molecule has 1 N–H and O–H groups in total. The minimum Gasteiger partial charge on any atom is -0.420 e. The predicted molar refractivity (Wildman–Crippen MR) is 90.5 cm³/mol. The second kappa shape index (κ2) is 6.75. The Labute approximate surface area is 138 Å². The standard InChI is InChI=1S/C17H17N3O2S/c1-11(2)12-3-5-14(6-4-12)18-15(21)9-16-19-20-17(22-16)13-7-8-23-10-13/h3-8,10-11H,9H2,1-2H3,(H,18,21). The summed E-state index contributed by atoms with van der Waals surface area (Å²) in [5.74, 6) is 1.04. The first-order valence-electron chi connectivity index (χ1n) is 7.36. The summed E-state index contributed by atoms with van der Waals surface area (Å²) in [7, 11) is 0. The van der Waals surface area contributed by atoms with Crippen LogP contribution < -0.4 is 5.32 Å². The van der Waals surface area contributed by atoms with Crippen LogP contribution >= 0.6 is 11.3 Å². The molecule has 6 heteroatoms. The third kappa shape index (κ3) is 3.84. The predicted octanol–water partition coefficient (Wildman–Crippen LogP) is 4.10. The molecule has 0 bridgehead atoms. The number of carbonyl (C=O) groups is 1. The Morgan fingerprint density at radius 2 is 2.00 bits per heavy atom. The number of rotatable bonds is 5. The van der Waals surface area contributed by atoms with Gasteiger partial charge >= 0.3 is 0 Å². The Hall–Kier alpha value is -2.47. The van der Waals surface area contributed by atoms with Gasteiger partial charge in [-0.15, -0.1) is 10.2 Å². The van der Waals surface area contributed by atoms with E-state index >= 15 is 0 Å². The van der Waals surface area contributed by atoms with Crippen molar-refractivity contribution in [2.24, 2.45) is 0 Å². The Kier molecular flexibility index (Phi) is 4.52. The lowest BCUT2D eigenvalue weighted by Gasteiger charge is -2.07. The average molecular weight is 327 g/mol. The van der Waals surface area contributed by atoms with Gasteiger partial charge in [-0.3, -0.25) is 4.79 Å². The monoisotopic (exact) mass is 327 g/mol. The Balaban J connectivity index is 1.61. The van der Waals surface area contributed by atoms with Gasteiger partial charge in [0, 0.05) is 16.6 Å². The van der Waals surface area contributed by atoms with Crippen LogP contribution in [0.25, 0.3) is 11.5 Å². The van der Waals surface area contributed by atoms with E-state index in [4.69, 9.17) is 4.42 Å². The van der Waals surface area contributed by atoms with E-state index in [0.29, 0.717) is 17.7 Å². The van der Waals surface area contributed by atoms with Gasteiger partial charge in [0.1, 0.15) is 6.42 Å². The van der Waals surface area contributed by atoms with Crippen molar-refractivity contribution in [2.45, 2.75) is 26.2 Å². The number of anilines is 1. The third-order valence-electron chi connectivity index (χ3n) is 3.41. The smallest absolute Gasteiger partial charge is 0.248 e. The molecule has 1 aromatic carbocycles. The molecular formula is C17H17N3O2S. The molecule has 0 aliphatic heterocycles. The van der Waals surface area contributed by atoms with Crippen LogP contribution in [0, 0.1) is 0 Å². The average Bonchev–Trinajstić information content (AvgIpc) is 3.18. The molecule has 0 aliphatic rings. The van der Waals surface area contributed by atoms with E-state index in [2.05, 4.69) is 29.4 Å². The zero-order valence-electron chi connectivity index (χ0n) is 12.9. The molecule has 1 amide bonds. The molecule has 23 heavy (non-hydrogen) atoms. The number of amides is 1. The van der Waals surface area contributed by atoms with Crippen LogP contribution in [0.2, 0.25) is 0 Å². The number of carbonyl (C=O) groups excluding carboxylic acids is 1. The molecule has 0 saturated heterocycles. The minimum atomic E-state index is -0.178. The van der Waals surface area contributed by atoms with Gasteiger partial charge in [-0.25, -0.2) is 0 Å². The molecular weight excluding hydrogens is 310 g/mol. The molecule has 2 aromatic heterocycles. The number of hydrogen-bond acceptors (Lipinski definition) is 5. The highest BCUT2D eigenvalue weighted by atomic mass is 32.1. The van der Waals surface area contributed by atoms with Crippen molar-refractivity contribution >= 4 is 22.9 Å². The third-order valence-corrected chi connectivity index (χ3v) is 4.09. The fourth-order valence-electron chi connectivity index (χ4n) is 2.12. The molecule has 0 saturated carbocycles. The summed E-state index contributed by atoms with van der Waals surface area (Å²) in [5, 5.41) is 14.6. The second-order valence-corrected chi connectivity index (χ2v) is 6.29. The highest BCUT2D eigenvalue weighted by Gasteiger charge is 2.13. The lowest BCUT2D eigenvalue weighted by atomic mass is 10.0. The van der Waals surface area contributed by atoms with E-state index in [0.717, 1.165) is 11.3 Å². The summed E-state index contributed by atoms with van der Waals surface area (Å²) >= 11 is 1.56. The highest BCUT2D eigenvalue weighted by molar-refractivity contribution is 7.08. The van der Waals surface area contributed by atoms with Gasteiger partial charge in [0.2, 0.25) is 17.7 Å². The van der Waals surface area contributed by atoms with Gasteiger partial charge in [-0.05, 0) is 35.1 Å². The zero-order chi connectivity index (χ0) is 16.2. The first-order chi connectivity index (χ1) is 11.1. The number of thiophene rings is 1. The van der Waals surface area contributed by atoms with Crippen molar-refractivity contribution in [3.63, 3.8) is 0 Å². The topological polar surface area (TPSA) is 68.0 Å². The number of nitrogens with one attached hydrogen (secondary N) is 1. The van der Waals surface area contributed by atoms with Gasteiger partial charge in [-0.2, -0.15) is 11.3 Å². The van der Waals surface area contributed by atoms with Crippen LogP contribution in [0.15, 0.2) is 45.5 Å². The molecule has 3 aromatic rings. The molecule has 0 aliphatic carbocycles. The molecule has 118 valence electrons. The molecule has 0 fully saturated rings. The molecule has 0 atom stereocenters. The van der Waals surface area contributed by atoms with E-state index < -0.39 is 0 Å². The molecule has 0 unspecified atom stereocenters. The van der Waals surface area contributed by atoms with E-state index in [1.165, 1.54) is 5.56 Å². The van der Waals surface area contributed by atoms with Crippen molar-refractivity contribution in [3.05, 3.63) is 52.5 Å². The number of hydrogen-bond donors (Lipinski definition) is 1. The van der Waals surface area contributed by atoms with E-state index in [9.17, 15) is 4.79 Å². The SMILES string of the molecule is CC(C)c1ccc(NC(=O)Cc2nnc(-c3ccsc3)o2)cc1. The van der Waals surface area contributed by atoms with Crippen LogP contribution in [-0.4, -0.2) is 16.1 Å². The van der Waals surface area contributed by atoms with E-state index in [-0.39, 0.29) is 12.3 Å². The van der Waals surface area contributed by atoms with Gasteiger partial charge in [-0.1, -0.05) is 26.0 Å². The van der Waals surface area contributed by atoms with Gasteiger partial charge in [0.05, 0.1) is 0 Å². The van der Waals surface area contributed by atoms with Crippen LogP contribution in [-0.2, 0) is 11.2 Å². The summed E-state index contributed by atoms with van der Waals surface area (Å²) < 4.78 is 5.51. The minimum absolute atomic E-state index is 0.0586. The molecule has 3 rings (SSSR count).